The van der Waals surface area contributed by atoms with Gasteiger partial charge in [0.2, 0.25) is 5.17 Å². The molecule has 1 N–H and O–H groups in total. The van der Waals surface area contributed by atoms with E-state index in [1.807, 2.05) is 30.3 Å². The van der Waals surface area contributed by atoms with Crippen molar-refractivity contribution in [3.05, 3.63) is 93.8 Å². The third-order valence-electron chi connectivity index (χ3n) is 5.40. The molecule has 0 radical (unpaired) electrons. The lowest BCUT2D eigenvalue weighted by Gasteiger charge is -2.20. The van der Waals surface area contributed by atoms with Crippen LogP contribution in [0.2, 0.25) is 0 Å². The maximum Gasteiger partial charge on any atom is 0.283 e. The molecule has 0 fully saturated rings. The Balaban J connectivity index is 1.47. The van der Waals surface area contributed by atoms with Crippen LogP contribution in [-0.2, 0) is 11.2 Å². The van der Waals surface area contributed by atoms with Gasteiger partial charge in [0.25, 0.3) is 11.6 Å². The van der Waals surface area contributed by atoms with Gasteiger partial charge >= 0.3 is 0 Å². The third-order valence-corrected chi connectivity index (χ3v) is 6.31. The summed E-state index contributed by atoms with van der Waals surface area (Å²) < 4.78 is 7.08. The van der Waals surface area contributed by atoms with Crippen molar-refractivity contribution in [2.24, 2.45) is 10.1 Å². The maximum absolute atomic E-state index is 12.8. The number of aromatic nitrogens is 1. The quantitative estimate of drug-likeness (QED) is 0.315. The summed E-state index contributed by atoms with van der Waals surface area (Å²) in [5.74, 6) is -0.307. The molecule has 0 saturated heterocycles. The van der Waals surface area contributed by atoms with Crippen molar-refractivity contribution in [2.45, 2.75) is 6.42 Å². The first-order valence-electron chi connectivity index (χ1n) is 10.5. The first kappa shape index (κ1) is 22.3. The highest BCUT2D eigenvalue weighted by molar-refractivity contribution is 8.26. The van der Waals surface area contributed by atoms with Gasteiger partial charge in [-0.05, 0) is 41.6 Å². The molecule has 0 aliphatic carbocycles. The lowest BCUT2D eigenvalue weighted by molar-refractivity contribution is -0.384. The van der Waals surface area contributed by atoms with Crippen LogP contribution >= 0.6 is 11.8 Å². The van der Waals surface area contributed by atoms with Crippen molar-refractivity contribution in [1.82, 2.24) is 9.58 Å². The predicted molar refractivity (Wildman–Crippen MR) is 134 cm³/mol. The Kier molecular flexibility index (Phi) is 5.75. The molecule has 0 spiro atoms. The van der Waals surface area contributed by atoms with E-state index in [1.165, 1.54) is 36.0 Å². The van der Waals surface area contributed by atoms with Gasteiger partial charge in [-0.3, -0.25) is 20.3 Å². The Labute approximate surface area is 203 Å². The molecule has 3 aromatic rings. The average Bonchev–Trinajstić information content (AvgIpc) is 3.48. The summed E-state index contributed by atoms with van der Waals surface area (Å²) in [6.45, 7) is 0. The molecule has 0 bridgehead atoms. The zero-order valence-electron chi connectivity index (χ0n) is 18.4. The Morgan fingerprint density at radius 2 is 1.97 bits per heavy atom. The van der Waals surface area contributed by atoms with Gasteiger partial charge in [-0.2, -0.15) is 15.1 Å². The zero-order chi connectivity index (χ0) is 24.5. The van der Waals surface area contributed by atoms with Crippen molar-refractivity contribution in [2.75, 3.05) is 7.11 Å². The normalized spacial score (nSPS) is 16.3. The largest absolute Gasteiger partial charge is 0.494 e. The lowest BCUT2D eigenvalue weighted by atomic mass is 10.1. The summed E-state index contributed by atoms with van der Waals surface area (Å²) in [5, 5.41) is 26.7. The predicted octanol–water partition coefficient (Wildman–Crippen LogP) is 4.26. The molecule has 2 aliphatic rings. The second-order valence-corrected chi connectivity index (χ2v) is 8.63. The number of nitrogens with zero attached hydrogens (tertiary/aromatic N) is 5. The first-order valence-corrected chi connectivity index (χ1v) is 11.3. The van der Waals surface area contributed by atoms with Crippen molar-refractivity contribution in [3.63, 3.8) is 0 Å². The Morgan fingerprint density at radius 1 is 1.17 bits per heavy atom. The highest BCUT2D eigenvalue weighted by Crippen LogP contribution is 2.32. The van der Waals surface area contributed by atoms with Crippen LogP contribution in [0.4, 0.5) is 5.69 Å². The minimum absolute atomic E-state index is 0.0704. The fourth-order valence-electron chi connectivity index (χ4n) is 3.73. The molecule has 5 rings (SSSR count). The number of hydrogen-bond acceptors (Lipinski definition) is 7. The molecule has 35 heavy (non-hydrogen) atoms. The summed E-state index contributed by atoms with van der Waals surface area (Å²) in [7, 11) is 1.43. The molecule has 10 nitrogen and oxygen atoms in total. The fourth-order valence-corrected chi connectivity index (χ4v) is 4.65. The highest BCUT2D eigenvalue weighted by Gasteiger charge is 2.35. The second kappa shape index (κ2) is 9.03. The molecule has 3 heterocycles. The number of thioether (sulfide) groups is 1. The number of hydrazone groups is 1. The molecule has 0 atom stereocenters. The van der Waals surface area contributed by atoms with E-state index in [-0.39, 0.29) is 17.1 Å². The molecular weight excluding hydrogens is 468 g/mol. The number of hydrogen-bond donors (Lipinski definition) is 1. The van der Waals surface area contributed by atoms with Gasteiger partial charge in [0.05, 0.1) is 29.4 Å². The third kappa shape index (κ3) is 4.24. The van der Waals surface area contributed by atoms with Crippen molar-refractivity contribution in [3.8, 4) is 11.4 Å². The van der Waals surface area contributed by atoms with Crippen LogP contribution in [0.1, 0.15) is 11.3 Å². The number of fused-ring (bicyclic) bond motifs is 1. The number of amides is 1. The van der Waals surface area contributed by atoms with Gasteiger partial charge in [0.1, 0.15) is 10.8 Å². The summed E-state index contributed by atoms with van der Waals surface area (Å²) in [6.07, 6.45) is 3.87. The number of nitro groups is 1. The summed E-state index contributed by atoms with van der Waals surface area (Å²) in [5.41, 5.74) is 2.18. The number of aliphatic imine (C=N–C) groups is 1. The Hall–Kier alpha value is -4.51. The Bertz CT molecular complexity index is 1460. The number of benzene rings is 2. The molecule has 1 aromatic heterocycles. The smallest absolute Gasteiger partial charge is 0.283 e. The number of carbonyl (C=O) groups excluding carboxylic acids is 1. The van der Waals surface area contributed by atoms with Crippen LogP contribution < -0.4 is 4.74 Å². The van der Waals surface area contributed by atoms with Crippen LogP contribution in [-0.4, -0.2) is 43.6 Å². The van der Waals surface area contributed by atoms with Crippen LogP contribution in [0.5, 0.6) is 5.75 Å². The summed E-state index contributed by atoms with van der Waals surface area (Å²) >= 11 is 1.28. The van der Waals surface area contributed by atoms with Crippen LogP contribution in [0.15, 0.2) is 82.5 Å². The van der Waals surface area contributed by atoms with Gasteiger partial charge in [-0.15, -0.1) is 0 Å². The molecule has 0 unspecified atom stereocenters. The minimum atomic E-state index is -0.534. The van der Waals surface area contributed by atoms with Crippen molar-refractivity contribution < 1.29 is 14.5 Å². The van der Waals surface area contributed by atoms with Crippen LogP contribution in [0.3, 0.4) is 0 Å². The van der Waals surface area contributed by atoms with E-state index >= 15 is 0 Å². The van der Waals surface area contributed by atoms with Gasteiger partial charge in [0.15, 0.2) is 5.84 Å². The topological polar surface area (TPSA) is 126 Å². The number of nitrogens with one attached hydrogen (secondary N) is 1. The summed E-state index contributed by atoms with van der Waals surface area (Å²) in [4.78, 5) is 27.6. The summed E-state index contributed by atoms with van der Waals surface area (Å²) in [6, 6.07) is 17.6. The molecule has 174 valence electrons. The standard InChI is InChI=1S/C24H18N6O4S/c1-34-20-14-17(30(32)33)9-10-19(20)28-11-5-8-16(28)13-18-22(25)29-24(26-23(18)31)35-21(27-29)12-15-6-3-2-4-7-15/h2-11,13-14,25H,12H2,1H3/b18-13-,25-22?. The van der Waals surface area contributed by atoms with E-state index in [0.29, 0.717) is 28.7 Å². The SMILES string of the molecule is COc1cc([N+](=O)[O-])ccc1-n1cccc1/C=C1/C(=N)N2N=C(Cc3ccccc3)SC2=NC1=O. The van der Waals surface area contributed by atoms with E-state index in [0.717, 1.165) is 10.6 Å². The van der Waals surface area contributed by atoms with Gasteiger partial charge in [0, 0.05) is 24.4 Å². The Morgan fingerprint density at radius 3 is 2.71 bits per heavy atom. The number of methoxy groups -OCH3 is 1. The molecule has 11 heteroatoms. The average molecular weight is 487 g/mol. The van der Waals surface area contributed by atoms with E-state index in [1.54, 1.807) is 35.0 Å². The van der Waals surface area contributed by atoms with Crippen molar-refractivity contribution in [1.29, 1.82) is 5.41 Å². The monoisotopic (exact) mass is 486 g/mol. The zero-order valence-corrected chi connectivity index (χ0v) is 19.2. The number of carbonyl (C=O) groups is 1. The molecule has 0 saturated carbocycles. The van der Waals surface area contributed by atoms with E-state index in [2.05, 4.69) is 10.1 Å². The highest BCUT2D eigenvalue weighted by atomic mass is 32.2. The number of ether oxygens (including phenoxy) is 1. The molecule has 1 amide bonds. The number of nitro benzene ring substituents is 1. The fraction of sp³-hybridized carbons (Fsp3) is 0.0833. The van der Waals surface area contributed by atoms with Gasteiger partial charge < -0.3 is 9.30 Å². The minimum Gasteiger partial charge on any atom is -0.494 e. The molecular formula is C24H18N6O4S. The van der Waals surface area contributed by atoms with Crippen LogP contribution in [0.25, 0.3) is 11.8 Å². The van der Waals surface area contributed by atoms with E-state index in [9.17, 15) is 14.9 Å². The first-order chi connectivity index (χ1) is 16.9. The second-order valence-electron chi connectivity index (χ2n) is 7.59. The maximum atomic E-state index is 12.8. The lowest BCUT2D eigenvalue weighted by Crippen LogP contribution is -2.35. The molecule has 2 aromatic carbocycles. The molecule has 2 aliphatic heterocycles. The van der Waals surface area contributed by atoms with E-state index in [4.69, 9.17) is 10.1 Å². The van der Waals surface area contributed by atoms with E-state index < -0.39 is 10.8 Å². The van der Waals surface area contributed by atoms with Crippen molar-refractivity contribution >= 4 is 45.5 Å². The number of rotatable bonds is 6. The number of amidine groups is 2. The number of non-ortho nitro benzene ring substituents is 1. The van der Waals surface area contributed by atoms with Gasteiger partial charge in [-0.1, -0.05) is 30.3 Å². The van der Waals surface area contributed by atoms with Crippen LogP contribution in [0, 0.1) is 15.5 Å². The van der Waals surface area contributed by atoms with Gasteiger partial charge in [-0.25, -0.2) is 0 Å².